The monoisotopic (exact) mass is 557 g/mol. The van der Waals surface area contributed by atoms with Crippen LogP contribution >= 0.6 is 11.6 Å². The van der Waals surface area contributed by atoms with E-state index in [4.69, 9.17) is 21.5 Å². The largest absolute Gasteiger partial charge is 0.490 e. The molecule has 2 fully saturated rings. The fourth-order valence-corrected chi connectivity index (χ4v) is 4.81. The van der Waals surface area contributed by atoms with Crippen LogP contribution in [0, 0.1) is 0 Å². The number of likely N-dealkylation sites (tertiary alicyclic amines) is 1. The molecule has 2 aromatic rings. The van der Waals surface area contributed by atoms with E-state index in [0.717, 1.165) is 48.7 Å². The predicted molar refractivity (Wildman–Crippen MR) is 136 cm³/mol. The Morgan fingerprint density at radius 2 is 1.61 bits per heavy atom. The SMILES string of the molecule is O=C(O)C(F)(F)F.O=C(O)Cc1ccccc1N1C[C@H](NC2CCN(Cc3ccc(Cl)cc3)CC2)[C@@H](O)C1. The number of aliphatic hydroxyl groups excluding tert-OH is 1. The number of carboxylic acid groups (broad SMARTS) is 2. The highest BCUT2D eigenvalue weighted by atomic mass is 35.5. The average molecular weight is 558 g/mol. The van der Waals surface area contributed by atoms with Crippen molar-refractivity contribution in [3.05, 3.63) is 64.7 Å². The number of aliphatic hydroxyl groups is 1. The standard InChI is InChI=1S/C24H30ClN3O3.C2HF3O2/c25-19-7-5-17(6-8-19)14-27-11-9-20(10-12-27)26-21-15-28(16-23(21)29)22-4-2-1-3-18(22)13-24(30)31;3-2(4,5)1(6)7/h1-8,20-21,23,26,29H,9-16H2,(H,30,31);(H,6,7)/t21-,23-;/m0./s1. The Hall–Kier alpha value is -2.86. The summed E-state index contributed by atoms with van der Waals surface area (Å²) >= 11 is 5.97. The number of alkyl halides is 3. The van der Waals surface area contributed by atoms with Crippen molar-refractivity contribution in [2.24, 2.45) is 0 Å². The molecular formula is C26H31ClF3N3O5. The molecule has 0 saturated carbocycles. The maximum atomic E-state index is 11.2. The van der Waals surface area contributed by atoms with Gasteiger partial charge in [0.1, 0.15) is 0 Å². The minimum absolute atomic E-state index is 0.00700. The van der Waals surface area contributed by atoms with Crippen molar-refractivity contribution in [2.75, 3.05) is 31.1 Å². The molecule has 2 atom stereocenters. The van der Waals surface area contributed by atoms with Gasteiger partial charge in [-0.3, -0.25) is 9.69 Å². The van der Waals surface area contributed by atoms with Crippen LogP contribution in [0.25, 0.3) is 0 Å². The third-order valence-corrected chi connectivity index (χ3v) is 6.81. The second kappa shape index (κ2) is 13.3. The van der Waals surface area contributed by atoms with Crippen LogP contribution in [-0.4, -0.2) is 82.7 Å². The molecule has 8 nitrogen and oxygen atoms in total. The van der Waals surface area contributed by atoms with E-state index in [2.05, 4.69) is 27.2 Å². The van der Waals surface area contributed by atoms with Crippen molar-refractivity contribution in [1.82, 2.24) is 10.2 Å². The van der Waals surface area contributed by atoms with Gasteiger partial charge in [-0.1, -0.05) is 41.9 Å². The Morgan fingerprint density at radius 3 is 2.18 bits per heavy atom. The molecule has 2 aromatic carbocycles. The summed E-state index contributed by atoms with van der Waals surface area (Å²) in [4.78, 5) is 24.7. The fraction of sp³-hybridized carbons (Fsp3) is 0.462. The van der Waals surface area contributed by atoms with Gasteiger partial charge in [0.25, 0.3) is 0 Å². The third-order valence-electron chi connectivity index (χ3n) is 6.56. The second-order valence-electron chi connectivity index (χ2n) is 9.42. The zero-order valence-electron chi connectivity index (χ0n) is 20.6. The minimum atomic E-state index is -5.08. The molecule has 4 N–H and O–H groups in total. The summed E-state index contributed by atoms with van der Waals surface area (Å²) in [7, 11) is 0. The third kappa shape index (κ3) is 8.87. The van der Waals surface area contributed by atoms with Crippen LogP contribution in [0.15, 0.2) is 48.5 Å². The summed E-state index contributed by atoms with van der Waals surface area (Å²) in [6.45, 7) is 4.18. The number of aliphatic carboxylic acids is 2. The molecule has 0 unspecified atom stereocenters. The minimum Gasteiger partial charge on any atom is -0.481 e. The number of halogens is 4. The lowest BCUT2D eigenvalue weighted by Gasteiger charge is -2.34. The Labute approximate surface area is 223 Å². The maximum absolute atomic E-state index is 11.2. The molecule has 208 valence electrons. The normalized spacial score (nSPS) is 20.6. The lowest BCUT2D eigenvalue weighted by atomic mass is 10.0. The number of para-hydroxylation sites is 1. The smallest absolute Gasteiger partial charge is 0.481 e. The summed E-state index contributed by atoms with van der Waals surface area (Å²) in [6.07, 6.45) is -3.46. The van der Waals surface area contributed by atoms with Crippen molar-refractivity contribution in [3.63, 3.8) is 0 Å². The first-order chi connectivity index (χ1) is 17.9. The molecule has 4 rings (SSSR count). The van der Waals surface area contributed by atoms with E-state index < -0.39 is 24.2 Å². The average Bonchev–Trinajstić information content (AvgIpc) is 3.21. The number of hydrogen-bond donors (Lipinski definition) is 4. The zero-order valence-corrected chi connectivity index (χ0v) is 21.3. The summed E-state index contributed by atoms with van der Waals surface area (Å²) in [5.74, 6) is -3.60. The highest BCUT2D eigenvalue weighted by Gasteiger charge is 2.38. The van der Waals surface area contributed by atoms with Crippen LogP contribution in [0.2, 0.25) is 5.02 Å². The first-order valence-corrected chi connectivity index (χ1v) is 12.6. The predicted octanol–water partition coefficient (Wildman–Crippen LogP) is 3.40. The molecule has 38 heavy (non-hydrogen) atoms. The Balaban J connectivity index is 0.000000505. The van der Waals surface area contributed by atoms with E-state index in [0.29, 0.717) is 19.1 Å². The van der Waals surface area contributed by atoms with E-state index in [1.165, 1.54) is 5.56 Å². The van der Waals surface area contributed by atoms with E-state index in [1.54, 1.807) is 0 Å². The van der Waals surface area contributed by atoms with E-state index >= 15 is 0 Å². The lowest BCUT2D eigenvalue weighted by Crippen LogP contribution is -2.49. The Morgan fingerprint density at radius 1 is 1.00 bits per heavy atom. The molecule has 0 aliphatic carbocycles. The molecule has 2 aliphatic rings. The van der Waals surface area contributed by atoms with Gasteiger partial charge < -0.3 is 25.5 Å². The van der Waals surface area contributed by atoms with Crippen LogP contribution in [0.3, 0.4) is 0 Å². The topological polar surface area (TPSA) is 113 Å². The number of piperidine rings is 1. The number of carbonyl (C=O) groups is 2. The quantitative estimate of drug-likeness (QED) is 0.410. The van der Waals surface area contributed by atoms with Gasteiger partial charge in [0.2, 0.25) is 0 Å². The molecule has 0 amide bonds. The Kier molecular flexibility index (Phi) is 10.4. The number of rotatable bonds is 7. The van der Waals surface area contributed by atoms with Crippen LogP contribution in [-0.2, 0) is 22.6 Å². The summed E-state index contributed by atoms with van der Waals surface area (Å²) in [5, 5.41) is 31.4. The van der Waals surface area contributed by atoms with Gasteiger partial charge in [0, 0.05) is 36.4 Å². The number of nitrogens with one attached hydrogen (secondary N) is 1. The van der Waals surface area contributed by atoms with Crippen molar-refractivity contribution >= 4 is 29.2 Å². The van der Waals surface area contributed by atoms with Crippen LogP contribution in [0.1, 0.15) is 24.0 Å². The molecule has 0 aromatic heterocycles. The maximum Gasteiger partial charge on any atom is 0.490 e. The highest BCUT2D eigenvalue weighted by Crippen LogP contribution is 2.26. The van der Waals surface area contributed by atoms with Gasteiger partial charge in [-0.05, 0) is 55.3 Å². The van der Waals surface area contributed by atoms with Crippen LogP contribution in [0.4, 0.5) is 18.9 Å². The van der Waals surface area contributed by atoms with Crippen LogP contribution in [0.5, 0.6) is 0 Å². The molecule has 2 aliphatic heterocycles. The summed E-state index contributed by atoms with van der Waals surface area (Å²) in [6, 6.07) is 16.0. The molecule has 12 heteroatoms. The highest BCUT2D eigenvalue weighted by molar-refractivity contribution is 6.30. The van der Waals surface area contributed by atoms with Gasteiger partial charge in [0.05, 0.1) is 18.6 Å². The molecule has 2 saturated heterocycles. The molecular weight excluding hydrogens is 527 g/mol. The Bertz CT molecular complexity index is 1080. The van der Waals surface area contributed by atoms with Crippen molar-refractivity contribution < 1.29 is 38.1 Å². The fourth-order valence-electron chi connectivity index (χ4n) is 4.69. The summed E-state index contributed by atoms with van der Waals surface area (Å²) in [5.41, 5.74) is 2.97. The van der Waals surface area contributed by atoms with Gasteiger partial charge in [0.15, 0.2) is 0 Å². The van der Waals surface area contributed by atoms with Crippen LogP contribution < -0.4 is 10.2 Å². The zero-order chi connectivity index (χ0) is 27.9. The van der Waals surface area contributed by atoms with Crippen molar-refractivity contribution in [1.29, 1.82) is 0 Å². The lowest BCUT2D eigenvalue weighted by molar-refractivity contribution is -0.192. The van der Waals surface area contributed by atoms with Gasteiger partial charge in [-0.2, -0.15) is 13.2 Å². The second-order valence-corrected chi connectivity index (χ2v) is 9.86. The molecule has 0 radical (unpaired) electrons. The number of anilines is 1. The number of β-amino-alcohol motifs (C(OH)–C–C–N with tert-alkyl or cyclic N) is 1. The molecule has 0 bridgehead atoms. The number of benzene rings is 2. The van der Waals surface area contributed by atoms with E-state index in [9.17, 15) is 28.2 Å². The number of carboxylic acids is 2. The first kappa shape index (κ1) is 29.7. The molecule has 2 heterocycles. The van der Waals surface area contributed by atoms with E-state index in [1.807, 2.05) is 36.4 Å². The van der Waals surface area contributed by atoms with Crippen molar-refractivity contribution in [3.8, 4) is 0 Å². The van der Waals surface area contributed by atoms with Gasteiger partial charge in [-0.25, -0.2) is 4.79 Å². The van der Waals surface area contributed by atoms with Crippen molar-refractivity contribution in [2.45, 2.75) is 50.2 Å². The van der Waals surface area contributed by atoms with E-state index in [-0.39, 0.29) is 12.5 Å². The summed E-state index contributed by atoms with van der Waals surface area (Å²) < 4.78 is 31.7. The van der Waals surface area contributed by atoms with Gasteiger partial charge >= 0.3 is 18.1 Å². The first-order valence-electron chi connectivity index (χ1n) is 12.2. The number of nitrogens with zero attached hydrogens (tertiary/aromatic N) is 2. The molecule has 0 spiro atoms. The number of hydrogen-bond acceptors (Lipinski definition) is 6. The van der Waals surface area contributed by atoms with Gasteiger partial charge in [-0.15, -0.1) is 0 Å².